The number of hydrogen-bond donors (Lipinski definition) is 0. The first-order valence-electron chi connectivity index (χ1n) is 16.5. The van der Waals surface area contributed by atoms with E-state index in [1.807, 2.05) is 24.3 Å². The molecular weight excluding hydrogens is 681 g/mol. The lowest BCUT2D eigenvalue weighted by Crippen LogP contribution is -2.53. The van der Waals surface area contributed by atoms with Gasteiger partial charge in [-0.25, -0.2) is 14.6 Å². The number of esters is 1. The summed E-state index contributed by atoms with van der Waals surface area (Å²) in [6.07, 6.45) is 4.15. The number of ether oxygens (including phenoxy) is 5. The molecule has 12 heteroatoms. The number of pyridine rings is 1. The summed E-state index contributed by atoms with van der Waals surface area (Å²) in [4.78, 5) is 34.3. The fourth-order valence-electron chi connectivity index (χ4n) is 6.60. The predicted molar refractivity (Wildman–Crippen MR) is 189 cm³/mol. The number of halogens is 2. The molecule has 3 fully saturated rings. The Morgan fingerprint density at radius 1 is 0.880 bits per heavy atom. The highest BCUT2D eigenvalue weighted by Crippen LogP contribution is 2.36. The number of methoxy groups -OCH3 is 3. The van der Waals surface area contributed by atoms with Crippen molar-refractivity contribution in [2.75, 3.05) is 45.9 Å². The number of carbonyl (C=O) groups excluding carboxylic acids is 2. The molecule has 10 nitrogen and oxygen atoms in total. The lowest BCUT2D eigenvalue weighted by atomic mass is 9.86. The summed E-state index contributed by atoms with van der Waals surface area (Å²) in [6.45, 7) is 3.04. The normalized spacial score (nSPS) is 18.5. The van der Waals surface area contributed by atoms with Crippen molar-refractivity contribution in [1.82, 2.24) is 4.90 Å². The van der Waals surface area contributed by atoms with Gasteiger partial charge < -0.3 is 23.7 Å². The van der Waals surface area contributed by atoms with Gasteiger partial charge in [0, 0.05) is 18.5 Å². The molecule has 3 aliphatic heterocycles. The highest BCUT2D eigenvalue weighted by molar-refractivity contribution is 6.35. The van der Waals surface area contributed by atoms with Gasteiger partial charge in [0.25, 0.3) is 0 Å². The van der Waals surface area contributed by atoms with Crippen LogP contribution in [0.1, 0.15) is 46.0 Å². The van der Waals surface area contributed by atoms with Gasteiger partial charge in [-0.2, -0.15) is 0 Å². The first-order valence-corrected chi connectivity index (χ1v) is 17.2. The number of anilines is 1. The molecule has 3 aromatic carbocycles. The van der Waals surface area contributed by atoms with Crippen molar-refractivity contribution >= 4 is 41.0 Å². The second-order valence-corrected chi connectivity index (χ2v) is 13.2. The van der Waals surface area contributed by atoms with Gasteiger partial charge in [-0.15, -0.1) is 0 Å². The Labute approximate surface area is 301 Å². The number of nitrogens with one attached hydrogen (secondary N) is 1. The minimum atomic E-state index is -0.762. The number of benzene rings is 3. The van der Waals surface area contributed by atoms with Crippen LogP contribution >= 0.6 is 23.2 Å². The number of carbonyl (C=O) groups is 2. The van der Waals surface area contributed by atoms with Crippen LogP contribution in [0.15, 0.2) is 79.1 Å². The summed E-state index contributed by atoms with van der Waals surface area (Å²) >= 11 is 13.0. The van der Waals surface area contributed by atoms with E-state index in [0.29, 0.717) is 55.6 Å². The fourth-order valence-corrected chi connectivity index (χ4v) is 7.13. The van der Waals surface area contributed by atoms with E-state index >= 15 is 0 Å². The number of amides is 1. The van der Waals surface area contributed by atoms with Crippen LogP contribution in [0.4, 0.5) is 10.5 Å². The molecular formula is C38H40Cl2N3O7+. The van der Waals surface area contributed by atoms with Crippen LogP contribution in [-0.2, 0) is 22.4 Å². The Morgan fingerprint density at radius 2 is 1.56 bits per heavy atom. The van der Waals surface area contributed by atoms with Crippen LogP contribution in [0, 0.1) is 5.92 Å². The zero-order valence-corrected chi connectivity index (χ0v) is 29.7. The highest BCUT2D eigenvalue weighted by atomic mass is 35.5. The van der Waals surface area contributed by atoms with Crippen molar-refractivity contribution in [3.05, 3.63) is 111 Å². The number of H-pyrrole nitrogens is 1. The van der Waals surface area contributed by atoms with E-state index < -0.39 is 18.2 Å². The van der Waals surface area contributed by atoms with Crippen molar-refractivity contribution in [2.45, 2.75) is 38.0 Å². The van der Waals surface area contributed by atoms with Crippen molar-refractivity contribution in [1.29, 1.82) is 0 Å². The fraction of sp³-hybridized carbons (Fsp3) is 0.342. The van der Waals surface area contributed by atoms with E-state index in [1.165, 1.54) is 7.11 Å². The minimum Gasteiger partial charge on any atom is -0.495 e. The minimum absolute atomic E-state index is 0.156. The van der Waals surface area contributed by atoms with Crippen LogP contribution in [0.5, 0.6) is 17.2 Å². The van der Waals surface area contributed by atoms with E-state index in [0.717, 1.165) is 38.0 Å². The number of nitrogens with zero attached hydrogens (tertiary/aromatic N) is 2. The van der Waals surface area contributed by atoms with Crippen LogP contribution in [0.3, 0.4) is 0 Å². The number of para-hydroxylation sites is 2. The van der Waals surface area contributed by atoms with E-state index in [4.69, 9.17) is 46.9 Å². The number of fused-ring (bicyclic) bond motifs is 3. The lowest BCUT2D eigenvalue weighted by Gasteiger charge is -2.44. The summed E-state index contributed by atoms with van der Waals surface area (Å²) in [5.74, 6) is 1.40. The van der Waals surface area contributed by atoms with E-state index in [9.17, 15) is 9.59 Å². The maximum absolute atomic E-state index is 13.8. The van der Waals surface area contributed by atoms with Gasteiger partial charge >= 0.3 is 12.1 Å². The molecule has 262 valence electrons. The third kappa shape index (κ3) is 7.93. The quantitative estimate of drug-likeness (QED) is 0.142. The monoisotopic (exact) mass is 720 g/mol. The standard InChI is InChI=1S/C38H39Cl2N3O7/c1-46-32-7-5-4-6-31(32)43(38(45)50-36-23-42-16-14-25(36)15-17-42)22-24-8-10-26(11-9-24)37(44)49-34(19-28-29(39)20-41-21-30(28)40)27-12-13-33(47-2)35(18-27)48-3/h4-13,18,20-21,25,34,36H,14-17,19,22-23H2,1-3H3/p+1/t34-,36-/m0/s1. The van der Waals surface area contributed by atoms with Crippen LogP contribution < -0.4 is 24.1 Å². The van der Waals surface area contributed by atoms with Crippen molar-refractivity contribution in [3.8, 4) is 17.2 Å². The smallest absolute Gasteiger partial charge is 0.415 e. The second kappa shape index (κ2) is 16.0. The van der Waals surface area contributed by atoms with Gasteiger partial charge in [0.15, 0.2) is 23.9 Å². The molecule has 3 saturated heterocycles. The van der Waals surface area contributed by atoms with Gasteiger partial charge in [0.1, 0.15) is 28.0 Å². The Hall–Kier alpha value is -4.51. The summed E-state index contributed by atoms with van der Waals surface area (Å²) in [5, 5.41) is 0.824. The van der Waals surface area contributed by atoms with Crippen LogP contribution in [0.25, 0.3) is 0 Å². The number of aromatic nitrogens is 1. The van der Waals surface area contributed by atoms with Gasteiger partial charge in [0.2, 0.25) is 0 Å². The van der Waals surface area contributed by atoms with Crippen LogP contribution in [-0.4, -0.2) is 64.0 Å². The number of rotatable bonds is 12. The Morgan fingerprint density at radius 3 is 2.20 bits per heavy atom. The first kappa shape index (κ1) is 35.3. The molecule has 7 rings (SSSR count). The summed E-state index contributed by atoms with van der Waals surface area (Å²) < 4.78 is 28.8. The molecule has 0 unspecified atom stereocenters. The number of piperidine rings is 3. The van der Waals surface area contributed by atoms with Crippen molar-refractivity contribution < 1.29 is 38.3 Å². The molecule has 0 radical (unpaired) electrons. The zero-order chi connectivity index (χ0) is 35.2. The van der Waals surface area contributed by atoms with Crippen molar-refractivity contribution in [2.24, 2.45) is 5.92 Å². The van der Waals surface area contributed by atoms with Gasteiger partial charge in [-0.1, -0.05) is 53.5 Å². The average Bonchev–Trinajstić information content (AvgIpc) is 3.15. The average molecular weight is 722 g/mol. The topological polar surface area (TPSA) is 101 Å². The third-order valence-corrected chi connectivity index (χ3v) is 10.1. The number of hydrogen-bond acceptors (Lipinski definition) is 8. The Kier molecular flexibility index (Phi) is 11.3. The lowest BCUT2D eigenvalue weighted by molar-refractivity contribution is -0.377. The maximum atomic E-state index is 13.8. The zero-order valence-electron chi connectivity index (χ0n) is 28.2. The summed E-state index contributed by atoms with van der Waals surface area (Å²) in [7, 11) is 4.66. The molecule has 4 aromatic rings. The SMILES string of the molecule is COc1ccc([C@H](Cc2c(Cl)c[nH+]cc2Cl)OC(=O)c2ccc(CN(C(=O)O[C@H]3CN4CCC3CC4)c3ccccc3OC)cc2)cc1OC. The molecule has 0 spiro atoms. The highest BCUT2D eigenvalue weighted by Gasteiger charge is 2.38. The van der Waals surface area contributed by atoms with Crippen LogP contribution in [0.2, 0.25) is 10.0 Å². The molecule has 2 atom stereocenters. The predicted octanol–water partition coefficient (Wildman–Crippen LogP) is 7.21. The first-order chi connectivity index (χ1) is 24.3. The summed E-state index contributed by atoms with van der Waals surface area (Å²) in [5.41, 5.74) is 3.00. The maximum Gasteiger partial charge on any atom is 0.415 e. The van der Waals surface area contributed by atoms with E-state index in [-0.39, 0.29) is 19.1 Å². The molecule has 0 saturated carbocycles. The number of aromatic amines is 1. The molecule has 1 N–H and O–H groups in total. The third-order valence-electron chi connectivity index (χ3n) is 9.39. The molecule has 50 heavy (non-hydrogen) atoms. The van der Waals surface area contributed by atoms with E-state index in [1.54, 1.807) is 74.0 Å². The van der Waals surface area contributed by atoms with E-state index in [2.05, 4.69) is 9.88 Å². The van der Waals surface area contributed by atoms with Crippen molar-refractivity contribution in [3.63, 3.8) is 0 Å². The summed E-state index contributed by atoms with van der Waals surface area (Å²) in [6, 6.07) is 19.6. The molecule has 2 bridgehead atoms. The molecule has 0 aliphatic carbocycles. The van der Waals surface area contributed by atoms with Gasteiger partial charge in [-0.05, 0) is 79.4 Å². The Bertz CT molecular complexity index is 1790. The molecule has 1 amide bonds. The molecule has 4 heterocycles. The second-order valence-electron chi connectivity index (χ2n) is 12.4. The van der Waals surface area contributed by atoms with Gasteiger partial charge in [-0.3, -0.25) is 9.80 Å². The molecule has 3 aliphatic rings. The molecule has 1 aromatic heterocycles. The Balaban J connectivity index is 1.22. The van der Waals surface area contributed by atoms with Gasteiger partial charge in [0.05, 0.1) is 39.1 Å². The largest absolute Gasteiger partial charge is 0.495 e.